The number of hydrogen-bond acceptors (Lipinski definition) is 2. The van der Waals surface area contributed by atoms with Crippen LogP contribution in [0.5, 0.6) is 0 Å². The quantitative estimate of drug-likeness (QED) is 0.692. The van der Waals surface area contributed by atoms with Crippen LogP contribution in [0.15, 0.2) is 0 Å². The molecule has 1 atom stereocenters. The van der Waals surface area contributed by atoms with Gasteiger partial charge >= 0.3 is 0 Å². The SMILES string of the molecule is CCC(C)(C(C)=O)N1CCC(C)CC1. The minimum Gasteiger partial charge on any atom is -0.298 e. The summed E-state index contributed by atoms with van der Waals surface area (Å²) in [7, 11) is 0. The Kier molecular flexibility index (Phi) is 3.71. The van der Waals surface area contributed by atoms with Crippen LogP contribution in [-0.4, -0.2) is 29.3 Å². The Morgan fingerprint density at radius 2 is 1.93 bits per heavy atom. The molecule has 1 aliphatic heterocycles. The number of nitrogens with zero attached hydrogens (tertiary/aromatic N) is 1. The van der Waals surface area contributed by atoms with E-state index in [4.69, 9.17) is 0 Å². The van der Waals surface area contributed by atoms with Crippen molar-refractivity contribution in [1.82, 2.24) is 4.90 Å². The molecule has 0 saturated carbocycles. The van der Waals surface area contributed by atoms with E-state index in [2.05, 4.69) is 25.7 Å². The molecule has 1 saturated heterocycles. The first-order valence-corrected chi connectivity index (χ1v) is 5.76. The summed E-state index contributed by atoms with van der Waals surface area (Å²) in [4.78, 5) is 14.0. The van der Waals surface area contributed by atoms with E-state index in [1.807, 2.05) is 0 Å². The van der Waals surface area contributed by atoms with Crippen LogP contribution in [0.25, 0.3) is 0 Å². The van der Waals surface area contributed by atoms with Crippen molar-refractivity contribution >= 4 is 5.78 Å². The number of likely N-dealkylation sites (tertiary alicyclic amines) is 1. The lowest BCUT2D eigenvalue weighted by Crippen LogP contribution is -2.53. The van der Waals surface area contributed by atoms with Crippen LogP contribution in [-0.2, 0) is 4.79 Å². The number of ketones is 1. The molecule has 0 aliphatic carbocycles. The highest BCUT2D eigenvalue weighted by Gasteiger charge is 2.36. The third-order valence-corrected chi connectivity index (χ3v) is 3.93. The second-order valence-corrected chi connectivity index (χ2v) is 4.85. The average molecular weight is 197 g/mol. The topological polar surface area (TPSA) is 20.3 Å². The molecule has 0 spiro atoms. The Balaban J connectivity index is 2.66. The summed E-state index contributed by atoms with van der Waals surface area (Å²) < 4.78 is 0. The zero-order valence-electron chi connectivity index (χ0n) is 9.97. The van der Waals surface area contributed by atoms with Crippen LogP contribution in [0.3, 0.4) is 0 Å². The van der Waals surface area contributed by atoms with Crippen molar-refractivity contribution in [3.05, 3.63) is 0 Å². The number of rotatable bonds is 3. The second kappa shape index (κ2) is 4.43. The smallest absolute Gasteiger partial charge is 0.149 e. The number of piperidine rings is 1. The van der Waals surface area contributed by atoms with Crippen LogP contribution < -0.4 is 0 Å². The van der Waals surface area contributed by atoms with Crippen LogP contribution in [0.1, 0.15) is 47.0 Å². The average Bonchev–Trinajstić information content (AvgIpc) is 2.17. The highest BCUT2D eigenvalue weighted by atomic mass is 16.1. The Morgan fingerprint density at radius 3 is 2.29 bits per heavy atom. The Morgan fingerprint density at radius 1 is 1.43 bits per heavy atom. The molecule has 82 valence electrons. The highest BCUT2D eigenvalue weighted by molar-refractivity contribution is 5.85. The molecule has 0 radical (unpaired) electrons. The van der Waals surface area contributed by atoms with Crippen molar-refractivity contribution in [2.45, 2.75) is 52.5 Å². The largest absolute Gasteiger partial charge is 0.298 e. The number of Topliss-reactive ketones (excluding diaryl/α,β-unsaturated/α-hetero) is 1. The maximum absolute atomic E-state index is 11.6. The van der Waals surface area contributed by atoms with Gasteiger partial charge in [0.2, 0.25) is 0 Å². The molecule has 1 unspecified atom stereocenters. The van der Waals surface area contributed by atoms with Crippen LogP contribution in [0.2, 0.25) is 0 Å². The lowest BCUT2D eigenvalue weighted by molar-refractivity contribution is -0.129. The number of carbonyl (C=O) groups excluding carboxylic acids is 1. The first-order chi connectivity index (χ1) is 6.50. The zero-order chi connectivity index (χ0) is 10.8. The van der Waals surface area contributed by atoms with E-state index in [-0.39, 0.29) is 5.54 Å². The highest BCUT2D eigenvalue weighted by Crippen LogP contribution is 2.26. The summed E-state index contributed by atoms with van der Waals surface area (Å²) in [6.07, 6.45) is 3.41. The van der Waals surface area contributed by atoms with E-state index in [0.29, 0.717) is 5.78 Å². The van der Waals surface area contributed by atoms with Gasteiger partial charge in [0.1, 0.15) is 5.78 Å². The second-order valence-electron chi connectivity index (χ2n) is 4.85. The van der Waals surface area contributed by atoms with Gasteiger partial charge in [-0.1, -0.05) is 13.8 Å². The lowest BCUT2D eigenvalue weighted by atomic mass is 9.87. The van der Waals surface area contributed by atoms with Gasteiger partial charge in [-0.25, -0.2) is 0 Å². The molecular weight excluding hydrogens is 174 g/mol. The molecule has 1 fully saturated rings. The molecule has 0 amide bonds. The molecule has 2 heteroatoms. The molecule has 1 aliphatic rings. The van der Waals surface area contributed by atoms with Crippen molar-refractivity contribution in [2.75, 3.05) is 13.1 Å². The molecule has 0 aromatic heterocycles. The van der Waals surface area contributed by atoms with Crippen LogP contribution in [0, 0.1) is 5.92 Å². The van der Waals surface area contributed by atoms with Gasteiger partial charge in [0.05, 0.1) is 5.54 Å². The Labute approximate surface area is 87.7 Å². The fraction of sp³-hybridized carbons (Fsp3) is 0.917. The van der Waals surface area contributed by atoms with E-state index in [9.17, 15) is 4.79 Å². The predicted molar refractivity (Wildman–Crippen MR) is 59.3 cm³/mol. The minimum atomic E-state index is -0.208. The standard InChI is InChI=1S/C12H23NO/c1-5-12(4,11(3)14)13-8-6-10(2)7-9-13/h10H,5-9H2,1-4H3. The van der Waals surface area contributed by atoms with Crippen LogP contribution >= 0.6 is 0 Å². The van der Waals surface area contributed by atoms with Gasteiger partial charge in [0.15, 0.2) is 0 Å². The van der Waals surface area contributed by atoms with E-state index in [1.165, 1.54) is 12.8 Å². The zero-order valence-corrected chi connectivity index (χ0v) is 9.97. The van der Waals surface area contributed by atoms with Crippen LogP contribution in [0.4, 0.5) is 0 Å². The molecule has 1 rings (SSSR count). The summed E-state index contributed by atoms with van der Waals surface area (Å²) in [5, 5.41) is 0. The van der Waals surface area contributed by atoms with Gasteiger partial charge in [0, 0.05) is 0 Å². The normalized spacial score (nSPS) is 24.6. The molecule has 2 nitrogen and oxygen atoms in total. The first-order valence-electron chi connectivity index (χ1n) is 5.76. The fourth-order valence-electron chi connectivity index (χ4n) is 2.20. The summed E-state index contributed by atoms with van der Waals surface area (Å²) in [6.45, 7) is 10.4. The molecule has 0 aromatic rings. The molecule has 0 N–H and O–H groups in total. The number of hydrogen-bond donors (Lipinski definition) is 0. The van der Waals surface area contributed by atoms with E-state index in [1.54, 1.807) is 6.92 Å². The minimum absolute atomic E-state index is 0.208. The number of carbonyl (C=O) groups is 1. The van der Waals surface area contributed by atoms with Gasteiger partial charge in [0.25, 0.3) is 0 Å². The van der Waals surface area contributed by atoms with Gasteiger partial charge in [-0.3, -0.25) is 9.69 Å². The molecular formula is C12H23NO. The third kappa shape index (κ3) is 2.17. The maximum Gasteiger partial charge on any atom is 0.149 e. The summed E-state index contributed by atoms with van der Waals surface area (Å²) in [5.74, 6) is 1.15. The third-order valence-electron chi connectivity index (χ3n) is 3.93. The Bertz CT molecular complexity index is 206. The van der Waals surface area contributed by atoms with E-state index < -0.39 is 0 Å². The van der Waals surface area contributed by atoms with E-state index in [0.717, 1.165) is 25.4 Å². The van der Waals surface area contributed by atoms with Gasteiger partial charge in [-0.05, 0) is 52.1 Å². The molecule has 1 heterocycles. The monoisotopic (exact) mass is 197 g/mol. The van der Waals surface area contributed by atoms with Gasteiger partial charge in [-0.15, -0.1) is 0 Å². The molecule has 0 bridgehead atoms. The predicted octanol–water partition coefficient (Wildman–Crippen LogP) is 2.48. The van der Waals surface area contributed by atoms with Crippen molar-refractivity contribution in [1.29, 1.82) is 0 Å². The van der Waals surface area contributed by atoms with Crippen molar-refractivity contribution in [2.24, 2.45) is 5.92 Å². The lowest BCUT2D eigenvalue weighted by Gasteiger charge is -2.42. The molecule has 0 aromatic carbocycles. The summed E-state index contributed by atoms with van der Waals surface area (Å²) >= 11 is 0. The van der Waals surface area contributed by atoms with E-state index >= 15 is 0 Å². The van der Waals surface area contributed by atoms with Crippen molar-refractivity contribution in [3.8, 4) is 0 Å². The maximum atomic E-state index is 11.6. The van der Waals surface area contributed by atoms with Gasteiger partial charge in [-0.2, -0.15) is 0 Å². The summed E-state index contributed by atoms with van der Waals surface area (Å²) in [6, 6.07) is 0. The fourth-order valence-corrected chi connectivity index (χ4v) is 2.20. The summed E-state index contributed by atoms with van der Waals surface area (Å²) in [5.41, 5.74) is -0.208. The van der Waals surface area contributed by atoms with Crippen molar-refractivity contribution < 1.29 is 4.79 Å². The Hall–Kier alpha value is -0.370. The first kappa shape index (κ1) is 11.7. The molecule has 14 heavy (non-hydrogen) atoms. The van der Waals surface area contributed by atoms with Gasteiger partial charge < -0.3 is 0 Å². The van der Waals surface area contributed by atoms with Crippen molar-refractivity contribution in [3.63, 3.8) is 0 Å².